The summed E-state index contributed by atoms with van der Waals surface area (Å²) in [6.07, 6.45) is 0.953. The van der Waals surface area contributed by atoms with E-state index >= 15 is 0 Å². The molecule has 1 aromatic heterocycles. The lowest BCUT2D eigenvalue weighted by Crippen LogP contribution is -2.16. The van der Waals surface area contributed by atoms with Crippen LogP contribution in [0, 0.1) is 5.92 Å². The summed E-state index contributed by atoms with van der Waals surface area (Å²) in [5.74, 6) is 0.550. The van der Waals surface area contributed by atoms with Crippen LogP contribution in [0.15, 0.2) is 0 Å². The van der Waals surface area contributed by atoms with Crippen molar-refractivity contribution in [3.63, 3.8) is 0 Å². The molecule has 0 fully saturated rings. The number of ether oxygens (including phenoxy) is 2. The van der Waals surface area contributed by atoms with Gasteiger partial charge in [-0.2, -0.15) is 9.97 Å². The Bertz CT molecular complexity index is 347. The van der Waals surface area contributed by atoms with Crippen LogP contribution >= 0.6 is 11.6 Å². The Morgan fingerprint density at radius 3 is 2.31 bits per heavy atom. The summed E-state index contributed by atoms with van der Waals surface area (Å²) in [5, 5.41) is 0.0681. The van der Waals surface area contributed by atoms with Crippen LogP contribution in [0.4, 0.5) is 0 Å². The lowest BCUT2D eigenvalue weighted by atomic mass is 10.1. The zero-order chi connectivity index (χ0) is 12.1. The minimum Gasteiger partial charge on any atom is -0.467 e. The molecule has 0 saturated heterocycles. The molecule has 0 saturated carbocycles. The van der Waals surface area contributed by atoms with Gasteiger partial charge in [0.2, 0.25) is 5.28 Å². The lowest BCUT2D eigenvalue weighted by Gasteiger charge is -2.14. The van der Waals surface area contributed by atoms with Gasteiger partial charge in [-0.05, 0) is 30.9 Å². The molecule has 0 aliphatic heterocycles. The first-order chi connectivity index (χ1) is 7.51. The molecule has 0 aliphatic rings. The highest BCUT2D eigenvalue weighted by atomic mass is 35.5. The van der Waals surface area contributed by atoms with Gasteiger partial charge in [0.1, 0.15) is 0 Å². The zero-order valence-electron chi connectivity index (χ0n) is 9.90. The third-order valence-electron chi connectivity index (χ3n) is 1.86. The summed E-state index contributed by atoms with van der Waals surface area (Å²) in [4.78, 5) is 11.6. The fourth-order valence-electron chi connectivity index (χ4n) is 1.35. The minimum atomic E-state index is 0.0307. The van der Waals surface area contributed by atoms with E-state index in [0.717, 1.165) is 6.42 Å². The standard InChI is InChI=1S/C10H16ClN3O2/c1-6(2)5-7(3)16-10-13-8(11)12-9(14-10)15-4/h6-7H,5H2,1-4H3. The van der Waals surface area contributed by atoms with Gasteiger partial charge in [-0.1, -0.05) is 13.8 Å². The predicted octanol–water partition coefficient (Wildman–Crippen LogP) is 2.35. The van der Waals surface area contributed by atoms with E-state index in [-0.39, 0.29) is 23.4 Å². The number of hydrogen-bond acceptors (Lipinski definition) is 5. The Kier molecular flexibility index (Phi) is 4.73. The normalized spacial score (nSPS) is 12.6. The largest absolute Gasteiger partial charge is 0.467 e. The van der Waals surface area contributed by atoms with E-state index in [1.165, 1.54) is 7.11 Å². The molecule has 1 atom stereocenters. The summed E-state index contributed by atoms with van der Waals surface area (Å²) >= 11 is 5.70. The average molecular weight is 246 g/mol. The monoisotopic (exact) mass is 245 g/mol. The van der Waals surface area contributed by atoms with Crippen molar-refractivity contribution in [3.8, 4) is 12.0 Å². The van der Waals surface area contributed by atoms with Gasteiger partial charge in [0.05, 0.1) is 13.2 Å². The van der Waals surface area contributed by atoms with Crippen LogP contribution in [0.1, 0.15) is 27.2 Å². The van der Waals surface area contributed by atoms with E-state index in [2.05, 4.69) is 28.8 Å². The van der Waals surface area contributed by atoms with E-state index in [1.54, 1.807) is 0 Å². The third kappa shape index (κ3) is 4.18. The molecule has 0 amide bonds. The molecule has 6 heteroatoms. The van der Waals surface area contributed by atoms with Crippen LogP contribution in [0.25, 0.3) is 0 Å². The predicted molar refractivity (Wildman–Crippen MR) is 60.9 cm³/mol. The van der Waals surface area contributed by atoms with Gasteiger partial charge in [-0.25, -0.2) is 0 Å². The third-order valence-corrected chi connectivity index (χ3v) is 2.03. The Labute approximate surface area is 100 Å². The zero-order valence-corrected chi connectivity index (χ0v) is 10.7. The molecule has 0 N–H and O–H groups in total. The number of rotatable bonds is 5. The van der Waals surface area contributed by atoms with Crippen molar-refractivity contribution < 1.29 is 9.47 Å². The smallest absolute Gasteiger partial charge is 0.324 e. The van der Waals surface area contributed by atoms with Crippen molar-refractivity contribution >= 4 is 11.6 Å². The molecule has 1 aromatic rings. The quantitative estimate of drug-likeness (QED) is 0.797. The Morgan fingerprint density at radius 2 is 1.75 bits per heavy atom. The first kappa shape index (κ1) is 13.0. The van der Waals surface area contributed by atoms with Crippen LogP contribution in [0.2, 0.25) is 5.28 Å². The Balaban J connectivity index is 2.69. The lowest BCUT2D eigenvalue weighted by molar-refractivity contribution is 0.174. The maximum Gasteiger partial charge on any atom is 0.324 e. The highest BCUT2D eigenvalue weighted by Crippen LogP contribution is 2.16. The van der Waals surface area contributed by atoms with Crippen molar-refractivity contribution in [3.05, 3.63) is 5.28 Å². The van der Waals surface area contributed by atoms with Crippen LogP contribution in [-0.2, 0) is 0 Å². The maximum atomic E-state index is 5.70. The minimum absolute atomic E-state index is 0.0307. The molecule has 0 aliphatic carbocycles. The SMILES string of the molecule is COc1nc(Cl)nc(OC(C)CC(C)C)n1. The van der Waals surface area contributed by atoms with Crippen molar-refractivity contribution in [2.24, 2.45) is 5.92 Å². The highest BCUT2D eigenvalue weighted by molar-refractivity contribution is 6.28. The van der Waals surface area contributed by atoms with Crippen molar-refractivity contribution in [2.75, 3.05) is 7.11 Å². The molecule has 1 heterocycles. The van der Waals surface area contributed by atoms with Gasteiger partial charge in [-0.3, -0.25) is 0 Å². The number of hydrogen-bond donors (Lipinski definition) is 0. The van der Waals surface area contributed by atoms with Gasteiger partial charge in [0.25, 0.3) is 0 Å². The molecule has 16 heavy (non-hydrogen) atoms. The highest BCUT2D eigenvalue weighted by Gasteiger charge is 2.11. The molecule has 90 valence electrons. The molecular formula is C10H16ClN3O2. The number of methoxy groups -OCH3 is 1. The summed E-state index contributed by atoms with van der Waals surface area (Å²) in [6.45, 7) is 6.21. The number of nitrogens with zero attached hydrogens (tertiary/aromatic N) is 3. The van der Waals surface area contributed by atoms with Crippen LogP contribution in [0.3, 0.4) is 0 Å². The second-order valence-corrected chi connectivity index (χ2v) is 4.27. The van der Waals surface area contributed by atoms with Crippen LogP contribution in [-0.4, -0.2) is 28.2 Å². The second kappa shape index (κ2) is 5.84. The number of aromatic nitrogens is 3. The fourth-order valence-corrected chi connectivity index (χ4v) is 1.50. The summed E-state index contributed by atoms with van der Waals surface area (Å²) in [7, 11) is 1.47. The first-order valence-electron chi connectivity index (χ1n) is 5.13. The van der Waals surface area contributed by atoms with E-state index in [9.17, 15) is 0 Å². The van der Waals surface area contributed by atoms with Crippen molar-refractivity contribution in [1.29, 1.82) is 0 Å². The molecule has 0 radical (unpaired) electrons. The molecule has 0 spiro atoms. The first-order valence-corrected chi connectivity index (χ1v) is 5.51. The van der Waals surface area contributed by atoms with Crippen molar-refractivity contribution in [2.45, 2.75) is 33.3 Å². The maximum absolute atomic E-state index is 5.70. The molecule has 1 unspecified atom stereocenters. The molecule has 0 aromatic carbocycles. The van der Waals surface area contributed by atoms with E-state index in [0.29, 0.717) is 5.92 Å². The molecule has 5 nitrogen and oxygen atoms in total. The molecule has 1 rings (SSSR count). The van der Waals surface area contributed by atoms with Gasteiger partial charge in [-0.15, -0.1) is 4.98 Å². The average Bonchev–Trinajstić information content (AvgIpc) is 2.14. The fraction of sp³-hybridized carbons (Fsp3) is 0.700. The van der Waals surface area contributed by atoms with E-state index < -0.39 is 0 Å². The van der Waals surface area contributed by atoms with Crippen molar-refractivity contribution in [1.82, 2.24) is 15.0 Å². The Morgan fingerprint density at radius 1 is 1.12 bits per heavy atom. The second-order valence-electron chi connectivity index (χ2n) is 3.93. The van der Waals surface area contributed by atoms with E-state index in [1.807, 2.05) is 6.92 Å². The summed E-state index contributed by atoms with van der Waals surface area (Å²) in [5.41, 5.74) is 0. The van der Waals surface area contributed by atoms with E-state index in [4.69, 9.17) is 21.1 Å². The topological polar surface area (TPSA) is 57.1 Å². The molecular weight excluding hydrogens is 230 g/mol. The van der Waals surface area contributed by atoms with Gasteiger partial charge < -0.3 is 9.47 Å². The van der Waals surface area contributed by atoms with Gasteiger partial charge in [0.15, 0.2) is 0 Å². The Hall–Kier alpha value is -1.10. The van der Waals surface area contributed by atoms with Crippen LogP contribution < -0.4 is 9.47 Å². The number of halogens is 1. The molecule has 0 bridgehead atoms. The summed E-state index contributed by atoms with van der Waals surface area (Å²) in [6, 6.07) is 0.358. The van der Waals surface area contributed by atoms with Gasteiger partial charge >= 0.3 is 12.0 Å². The summed E-state index contributed by atoms with van der Waals surface area (Å²) < 4.78 is 10.4. The van der Waals surface area contributed by atoms with Gasteiger partial charge in [0, 0.05) is 0 Å². The van der Waals surface area contributed by atoms with Crippen LogP contribution in [0.5, 0.6) is 12.0 Å².